The van der Waals surface area contributed by atoms with Crippen LogP contribution in [0, 0.1) is 20.2 Å². The van der Waals surface area contributed by atoms with Gasteiger partial charge in [-0.3, -0.25) is 39.4 Å². The number of carbonyl (C=O) groups is 4. The average Bonchev–Trinajstić information content (AvgIpc) is 2.77. The summed E-state index contributed by atoms with van der Waals surface area (Å²) in [5.74, 6) is -3.37. The Kier molecular flexibility index (Phi) is 6.33. The van der Waals surface area contributed by atoms with Gasteiger partial charge >= 0.3 is 0 Å². The second-order valence-electron chi connectivity index (χ2n) is 6.82. The smallest absolute Gasteiger partial charge is 0.282 e. The van der Waals surface area contributed by atoms with Crippen LogP contribution in [0.3, 0.4) is 0 Å². The number of rotatable bonds is 7. The van der Waals surface area contributed by atoms with Crippen LogP contribution in [-0.4, -0.2) is 49.9 Å². The van der Waals surface area contributed by atoms with Gasteiger partial charge in [0.2, 0.25) is 11.8 Å². The molecule has 3 rings (SSSR count). The first-order valence-corrected chi connectivity index (χ1v) is 9.39. The number of nitro benzene ring substituents is 2. The molecule has 0 saturated carbocycles. The molecule has 0 aromatic heterocycles. The first-order valence-electron chi connectivity index (χ1n) is 9.39. The summed E-state index contributed by atoms with van der Waals surface area (Å²) in [5, 5.41) is 23.4. The number of non-ortho nitro benzene ring substituents is 1. The highest BCUT2D eigenvalue weighted by atomic mass is 16.6. The van der Waals surface area contributed by atoms with Gasteiger partial charge in [0.1, 0.15) is 12.1 Å². The van der Waals surface area contributed by atoms with Crippen LogP contribution in [0.25, 0.3) is 0 Å². The van der Waals surface area contributed by atoms with E-state index < -0.39 is 51.1 Å². The summed E-state index contributed by atoms with van der Waals surface area (Å²) in [7, 11) is 0. The van der Waals surface area contributed by atoms with E-state index in [1.54, 1.807) is 0 Å². The Morgan fingerprint density at radius 2 is 1.59 bits per heavy atom. The third-order valence-electron chi connectivity index (χ3n) is 4.73. The van der Waals surface area contributed by atoms with Gasteiger partial charge in [-0.1, -0.05) is 24.3 Å². The molecule has 12 heteroatoms. The predicted molar refractivity (Wildman–Crippen MR) is 107 cm³/mol. The Labute approximate surface area is 180 Å². The van der Waals surface area contributed by atoms with E-state index in [-0.39, 0.29) is 30.5 Å². The van der Waals surface area contributed by atoms with E-state index in [1.165, 1.54) is 30.3 Å². The van der Waals surface area contributed by atoms with Crippen LogP contribution in [0.4, 0.5) is 11.4 Å². The molecule has 12 nitrogen and oxygen atoms in total. The zero-order valence-electron chi connectivity index (χ0n) is 16.5. The lowest BCUT2D eigenvalue weighted by molar-refractivity contribution is -0.385. The maximum atomic E-state index is 13.2. The molecule has 0 aliphatic carbocycles. The maximum absolute atomic E-state index is 13.2. The topological polar surface area (TPSA) is 161 Å². The number of benzene rings is 2. The fraction of sp³-hybridized carbons (Fsp3) is 0.200. The van der Waals surface area contributed by atoms with Crippen LogP contribution < -0.4 is 0 Å². The third kappa shape index (κ3) is 4.48. The van der Waals surface area contributed by atoms with Gasteiger partial charge < -0.3 is 0 Å². The maximum Gasteiger partial charge on any atom is 0.282 e. The molecule has 1 aliphatic rings. The second kappa shape index (κ2) is 9.12. The molecule has 2 aromatic rings. The van der Waals surface area contributed by atoms with Gasteiger partial charge in [0.05, 0.1) is 9.85 Å². The average molecular weight is 440 g/mol. The Hall–Kier alpha value is -4.48. The highest BCUT2D eigenvalue weighted by Gasteiger charge is 2.38. The number of amides is 3. The van der Waals surface area contributed by atoms with Crippen molar-refractivity contribution in [2.75, 3.05) is 6.54 Å². The van der Waals surface area contributed by atoms with E-state index in [2.05, 4.69) is 0 Å². The molecule has 164 valence electrons. The molecule has 32 heavy (non-hydrogen) atoms. The Balaban J connectivity index is 2.03. The number of hydrazine groups is 1. The van der Waals surface area contributed by atoms with Gasteiger partial charge in [-0.15, -0.1) is 0 Å². The molecule has 0 spiro atoms. The van der Waals surface area contributed by atoms with Crippen molar-refractivity contribution >= 4 is 34.9 Å². The van der Waals surface area contributed by atoms with Crippen LogP contribution >= 0.6 is 0 Å². The van der Waals surface area contributed by atoms with Gasteiger partial charge in [0.25, 0.3) is 17.3 Å². The molecule has 0 N–H and O–H groups in total. The lowest BCUT2D eigenvalue weighted by Crippen LogP contribution is -2.56. The van der Waals surface area contributed by atoms with Gasteiger partial charge in [-0.25, -0.2) is 5.01 Å². The molecule has 0 unspecified atom stereocenters. The van der Waals surface area contributed by atoms with E-state index in [1.807, 2.05) is 0 Å². The summed E-state index contributed by atoms with van der Waals surface area (Å²) >= 11 is 0. The normalized spacial score (nSPS) is 13.6. The van der Waals surface area contributed by atoms with Crippen LogP contribution in [0.1, 0.15) is 40.0 Å². The molecule has 1 saturated heterocycles. The standard InChI is InChI=1S/C20H16N4O8/c25-17(13-5-3-6-14(11-13)23(29)30)12-21(22-18(26)9-4-10-19(22)27)20(28)15-7-1-2-8-16(15)24(31)32/h1-3,5-8,11H,4,9-10,12H2. The number of piperidine rings is 1. The fourth-order valence-electron chi connectivity index (χ4n) is 3.22. The molecular formula is C20H16N4O8. The quantitative estimate of drug-likeness (QED) is 0.274. The monoisotopic (exact) mass is 440 g/mol. The minimum Gasteiger partial charge on any atom is -0.292 e. The number of carbonyl (C=O) groups excluding carboxylic acids is 4. The molecule has 1 heterocycles. The zero-order valence-corrected chi connectivity index (χ0v) is 16.5. The van der Waals surface area contributed by atoms with E-state index >= 15 is 0 Å². The van der Waals surface area contributed by atoms with Crippen molar-refractivity contribution in [3.63, 3.8) is 0 Å². The van der Waals surface area contributed by atoms with Crippen molar-refractivity contribution in [2.45, 2.75) is 19.3 Å². The number of nitro groups is 2. The number of Topliss-reactive ketones (excluding diaryl/α,β-unsaturated/α-hetero) is 1. The van der Waals surface area contributed by atoms with Crippen LogP contribution in [-0.2, 0) is 9.59 Å². The van der Waals surface area contributed by atoms with Gasteiger partial charge in [-0.2, -0.15) is 5.01 Å². The van der Waals surface area contributed by atoms with E-state index in [9.17, 15) is 39.4 Å². The molecule has 0 atom stereocenters. The first kappa shape index (κ1) is 22.2. The Morgan fingerprint density at radius 3 is 2.22 bits per heavy atom. The summed E-state index contributed by atoms with van der Waals surface area (Å²) < 4.78 is 0. The first-order chi connectivity index (χ1) is 15.2. The summed E-state index contributed by atoms with van der Waals surface area (Å²) in [6.07, 6.45) is 0.148. The predicted octanol–water partition coefficient (Wildman–Crippen LogP) is 2.28. The van der Waals surface area contributed by atoms with Crippen molar-refractivity contribution in [3.8, 4) is 0 Å². The van der Waals surface area contributed by atoms with Crippen molar-refractivity contribution in [2.24, 2.45) is 0 Å². The minimum atomic E-state index is -1.10. The highest BCUT2D eigenvalue weighted by molar-refractivity contribution is 6.07. The van der Waals surface area contributed by atoms with Crippen molar-refractivity contribution in [1.82, 2.24) is 10.0 Å². The van der Waals surface area contributed by atoms with Gasteiger partial charge in [0, 0.05) is 36.6 Å². The van der Waals surface area contributed by atoms with E-state index in [4.69, 9.17) is 0 Å². The van der Waals surface area contributed by atoms with Crippen molar-refractivity contribution in [3.05, 3.63) is 79.9 Å². The zero-order chi connectivity index (χ0) is 23.4. The summed E-state index contributed by atoms with van der Waals surface area (Å²) in [5.41, 5.74) is -1.48. The molecule has 1 aliphatic heterocycles. The summed E-state index contributed by atoms with van der Waals surface area (Å²) in [4.78, 5) is 71.8. The van der Waals surface area contributed by atoms with Crippen LogP contribution in [0.2, 0.25) is 0 Å². The molecule has 0 radical (unpaired) electrons. The lowest BCUT2D eigenvalue weighted by atomic mass is 10.1. The number of hydrogen-bond acceptors (Lipinski definition) is 8. The molecule has 0 bridgehead atoms. The number of para-hydroxylation sites is 1. The third-order valence-corrected chi connectivity index (χ3v) is 4.73. The Morgan fingerprint density at radius 1 is 0.938 bits per heavy atom. The number of ketones is 1. The largest absolute Gasteiger partial charge is 0.292 e. The second-order valence-corrected chi connectivity index (χ2v) is 6.82. The summed E-state index contributed by atoms with van der Waals surface area (Å²) in [6, 6.07) is 9.64. The lowest BCUT2D eigenvalue weighted by Gasteiger charge is -2.34. The van der Waals surface area contributed by atoms with Gasteiger partial charge in [0.15, 0.2) is 5.78 Å². The summed E-state index contributed by atoms with van der Waals surface area (Å²) in [6.45, 7) is -0.830. The molecule has 2 aromatic carbocycles. The molecular weight excluding hydrogens is 424 g/mol. The Bertz CT molecular complexity index is 1130. The highest BCUT2D eigenvalue weighted by Crippen LogP contribution is 2.24. The van der Waals surface area contributed by atoms with Crippen LogP contribution in [0.5, 0.6) is 0 Å². The number of nitrogens with zero attached hydrogens (tertiary/aromatic N) is 4. The van der Waals surface area contributed by atoms with Crippen LogP contribution in [0.15, 0.2) is 48.5 Å². The van der Waals surface area contributed by atoms with E-state index in [0.29, 0.717) is 10.0 Å². The number of imide groups is 1. The van der Waals surface area contributed by atoms with Crippen molar-refractivity contribution < 1.29 is 29.0 Å². The van der Waals surface area contributed by atoms with E-state index in [0.717, 1.165) is 18.2 Å². The van der Waals surface area contributed by atoms with Crippen molar-refractivity contribution in [1.29, 1.82) is 0 Å². The SMILES string of the molecule is O=C(CN(C(=O)c1ccccc1[N+](=O)[O-])N1C(=O)CCCC1=O)c1cccc([N+](=O)[O-])c1. The fourth-order valence-corrected chi connectivity index (χ4v) is 3.22. The molecule has 1 fully saturated rings. The minimum absolute atomic E-state index is 0.0581. The number of hydrogen-bond donors (Lipinski definition) is 0. The van der Waals surface area contributed by atoms with Gasteiger partial charge in [-0.05, 0) is 12.5 Å². The molecule has 3 amide bonds.